The number of rotatable bonds is 4. The number of hydrogen-bond donors (Lipinski definition) is 3. The molecule has 16 heavy (non-hydrogen) atoms. The van der Waals surface area contributed by atoms with Crippen molar-refractivity contribution in [1.82, 2.24) is 5.32 Å². The zero-order chi connectivity index (χ0) is 11.4. The van der Waals surface area contributed by atoms with Crippen molar-refractivity contribution in [2.45, 2.75) is 31.3 Å². The fourth-order valence-electron chi connectivity index (χ4n) is 1.96. The molecule has 0 aromatic rings. The molecule has 1 aliphatic carbocycles. The summed E-state index contributed by atoms with van der Waals surface area (Å²) in [6.07, 6.45) is 4.79. The number of thioether (sulfide) groups is 1. The van der Waals surface area contributed by atoms with Gasteiger partial charge in [0.25, 0.3) is 0 Å². The zero-order valence-corrected chi connectivity index (χ0v) is 10.4. The molecule has 1 aliphatic heterocycles. The van der Waals surface area contributed by atoms with E-state index in [9.17, 15) is 5.11 Å². The quantitative estimate of drug-likeness (QED) is 0.498. The molecule has 0 spiro atoms. The minimum absolute atomic E-state index is 0.434. The van der Waals surface area contributed by atoms with Crippen LogP contribution in [0.2, 0.25) is 0 Å². The molecule has 0 aromatic heterocycles. The van der Waals surface area contributed by atoms with Crippen molar-refractivity contribution >= 4 is 17.7 Å². The topological polar surface area (TPSA) is 70.6 Å². The van der Waals surface area contributed by atoms with Gasteiger partial charge in [-0.1, -0.05) is 6.42 Å². The monoisotopic (exact) mass is 243 g/mol. The van der Waals surface area contributed by atoms with Gasteiger partial charge in [-0.15, -0.1) is 0 Å². The highest BCUT2D eigenvalue weighted by Gasteiger charge is 2.31. The lowest BCUT2D eigenvalue weighted by Crippen LogP contribution is -2.39. The van der Waals surface area contributed by atoms with Crippen LogP contribution in [0.1, 0.15) is 25.7 Å². The van der Waals surface area contributed by atoms with Gasteiger partial charge in [0, 0.05) is 12.3 Å². The van der Waals surface area contributed by atoms with E-state index in [2.05, 4.69) is 10.3 Å². The Balaban J connectivity index is 1.68. The Morgan fingerprint density at radius 3 is 2.94 bits per heavy atom. The molecule has 1 heterocycles. The number of aliphatic imine (C=N–C) groups is 1. The van der Waals surface area contributed by atoms with Gasteiger partial charge in [-0.3, -0.25) is 4.99 Å². The Bertz CT molecular complexity index is 260. The molecule has 5 heteroatoms. The van der Waals surface area contributed by atoms with Crippen molar-refractivity contribution in [3.63, 3.8) is 0 Å². The molecular weight excluding hydrogens is 222 g/mol. The van der Waals surface area contributed by atoms with Gasteiger partial charge in [-0.2, -0.15) is 11.8 Å². The van der Waals surface area contributed by atoms with Crippen LogP contribution in [-0.2, 0) is 0 Å². The Hall–Kier alpha value is -0.420. The summed E-state index contributed by atoms with van der Waals surface area (Å²) < 4.78 is 0. The fourth-order valence-corrected chi connectivity index (χ4v) is 3.24. The number of aliphatic hydroxyl groups is 1. The van der Waals surface area contributed by atoms with Crippen LogP contribution in [-0.4, -0.2) is 41.3 Å². The van der Waals surface area contributed by atoms with E-state index in [4.69, 9.17) is 5.73 Å². The molecule has 1 saturated carbocycles. The molecule has 4 nitrogen and oxygen atoms in total. The Labute approximate surface area is 101 Å². The van der Waals surface area contributed by atoms with Crippen LogP contribution < -0.4 is 11.1 Å². The van der Waals surface area contributed by atoms with Crippen LogP contribution in [0.3, 0.4) is 0 Å². The third-order valence-electron chi connectivity index (χ3n) is 3.42. The van der Waals surface area contributed by atoms with Gasteiger partial charge in [0.15, 0.2) is 5.96 Å². The van der Waals surface area contributed by atoms with E-state index in [1.54, 1.807) is 11.8 Å². The summed E-state index contributed by atoms with van der Waals surface area (Å²) >= 11 is 1.78. The average Bonchev–Trinajstić information content (AvgIpc) is 2.61. The standard InChI is InChI=1S/C11H21N3OS/c12-10(13-6-9-2-1-3-9)14-7-11(15)4-5-16-8-11/h9,15H,1-8H2,(H3,12,13,14). The molecule has 4 N–H and O–H groups in total. The van der Waals surface area contributed by atoms with E-state index >= 15 is 0 Å². The highest BCUT2D eigenvalue weighted by atomic mass is 32.2. The number of nitrogens with two attached hydrogens (primary N) is 1. The van der Waals surface area contributed by atoms with Crippen molar-refractivity contribution in [2.75, 3.05) is 24.6 Å². The SMILES string of the molecule is NC(=NCC1(O)CCSC1)NCC1CCC1. The molecule has 2 rings (SSSR count). The first kappa shape index (κ1) is 12.0. The molecule has 0 amide bonds. The van der Waals surface area contributed by atoms with Gasteiger partial charge in [0.05, 0.1) is 12.1 Å². The van der Waals surface area contributed by atoms with E-state index in [0.717, 1.165) is 30.4 Å². The van der Waals surface area contributed by atoms with Crippen molar-refractivity contribution in [3.05, 3.63) is 0 Å². The van der Waals surface area contributed by atoms with E-state index in [1.165, 1.54) is 19.3 Å². The molecule has 2 aliphatic rings. The summed E-state index contributed by atoms with van der Waals surface area (Å²) in [7, 11) is 0. The van der Waals surface area contributed by atoms with Gasteiger partial charge in [-0.05, 0) is 30.9 Å². The summed E-state index contributed by atoms with van der Waals surface area (Å²) in [6.45, 7) is 1.37. The molecule has 1 unspecified atom stereocenters. The maximum absolute atomic E-state index is 10.1. The maximum Gasteiger partial charge on any atom is 0.188 e. The van der Waals surface area contributed by atoms with E-state index in [-0.39, 0.29) is 0 Å². The lowest BCUT2D eigenvalue weighted by molar-refractivity contribution is 0.0779. The van der Waals surface area contributed by atoms with Crippen LogP contribution in [0, 0.1) is 5.92 Å². The van der Waals surface area contributed by atoms with Crippen LogP contribution in [0.25, 0.3) is 0 Å². The predicted octanol–water partition coefficient (Wildman–Crippen LogP) is 0.559. The summed E-state index contributed by atoms with van der Waals surface area (Å²) in [6, 6.07) is 0. The van der Waals surface area contributed by atoms with Crippen LogP contribution >= 0.6 is 11.8 Å². The molecule has 0 bridgehead atoms. The second kappa shape index (κ2) is 5.27. The van der Waals surface area contributed by atoms with Gasteiger partial charge in [0.2, 0.25) is 0 Å². The Kier molecular flexibility index (Phi) is 3.97. The van der Waals surface area contributed by atoms with E-state index in [0.29, 0.717) is 12.5 Å². The highest BCUT2D eigenvalue weighted by molar-refractivity contribution is 7.99. The zero-order valence-electron chi connectivity index (χ0n) is 9.61. The fraction of sp³-hybridized carbons (Fsp3) is 0.909. The molecular formula is C11H21N3OS. The Morgan fingerprint density at radius 1 is 1.56 bits per heavy atom. The number of hydrogen-bond acceptors (Lipinski definition) is 3. The lowest BCUT2D eigenvalue weighted by atomic mass is 9.85. The molecule has 1 atom stereocenters. The largest absolute Gasteiger partial charge is 0.387 e. The number of nitrogens with zero attached hydrogens (tertiary/aromatic N) is 1. The number of guanidine groups is 1. The van der Waals surface area contributed by atoms with Gasteiger partial charge in [0.1, 0.15) is 0 Å². The molecule has 0 aromatic carbocycles. The minimum Gasteiger partial charge on any atom is -0.387 e. The Morgan fingerprint density at radius 2 is 2.38 bits per heavy atom. The van der Waals surface area contributed by atoms with Gasteiger partial charge >= 0.3 is 0 Å². The van der Waals surface area contributed by atoms with Gasteiger partial charge in [-0.25, -0.2) is 0 Å². The second-order valence-electron chi connectivity index (χ2n) is 4.91. The van der Waals surface area contributed by atoms with Crippen molar-refractivity contribution in [3.8, 4) is 0 Å². The van der Waals surface area contributed by atoms with Crippen LogP contribution in [0.15, 0.2) is 4.99 Å². The summed E-state index contributed by atoms with van der Waals surface area (Å²) in [5, 5.41) is 13.2. The molecule has 0 radical (unpaired) electrons. The second-order valence-corrected chi connectivity index (χ2v) is 6.01. The normalized spacial score (nSPS) is 31.4. The summed E-state index contributed by atoms with van der Waals surface area (Å²) in [4.78, 5) is 4.23. The maximum atomic E-state index is 10.1. The summed E-state index contributed by atoms with van der Waals surface area (Å²) in [5.74, 6) is 3.07. The third-order valence-corrected chi connectivity index (χ3v) is 4.66. The predicted molar refractivity (Wildman–Crippen MR) is 68.7 cm³/mol. The van der Waals surface area contributed by atoms with Crippen LogP contribution in [0.4, 0.5) is 0 Å². The van der Waals surface area contributed by atoms with E-state index < -0.39 is 5.60 Å². The van der Waals surface area contributed by atoms with Crippen LogP contribution in [0.5, 0.6) is 0 Å². The molecule has 92 valence electrons. The van der Waals surface area contributed by atoms with Crippen molar-refractivity contribution in [2.24, 2.45) is 16.6 Å². The van der Waals surface area contributed by atoms with Crippen molar-refractivity contribution < 1.29 is 5.11 Å². The smallest absolute Gasteiger partial charge is 0.188 e. The summed E-state index contributed by atoms with van der Waals surface area (Å²) in [5.41, 5.74) is 5.14. The highest BCUT2D eigenvalue weighted by Crippen LogP contribution is 2.28. The first-order valence-electron chi connectivity index (χ1n) is 6.02. The molecule has 2 fully saturated rings. The first-order chi connectivity index (χ1) is 7.68. The minimum atomic E-state index is -0.618. The van der Waals surface area contributed by atoms with Gasteiger partial charge < -0.3 is 16.2 Å². The van der Waals surface area contributed by atoms with E-state index in [1.807, 2.05) is 0 Å². The third kappa shape index (κ3) is 3.28. The van der Waals surface area contributed by atoms with Crippen molar-refractivity contribution in [1.29, 1.82) is 0 Å². The average molecular weight is 243 g/mol. The first-order valence-corrected chi connectivity index (χ1v) is 7.17. The number of nitrogens with one attached hydrogen (secondary N) is 1. The molecule has 1 saturated heterocycles. The lowest BCUT2D eigenvalue weighted by Gasteiger charge is -2.25.